The Hall–Kier alpha value is -0.800. The average molecular weight is 311 g/mol. The predicted octanol–water partition coefficient (Wildman–Crippen LogP) is 4.44. The van der Waals surface area contributed by atoms with Crippen LogP contribution in [0.5, 0.6) is 5.88 Å². The van der Waals surface area contributed by atoms with E-state index in [0.29, 0.717) is 16.9 Å². The van der Waals surface area contributed by atoms with E-state index in [1.165, 1.54) is 6.42 Å². The van der Waals surface area contributed by atoms with Crippen molar-refractivity contribution in [3.8, 4) is 5.88 Å². The van der Waals surface area contributed by atoms with Gasteiger partial charge in [-0.1, -0.05) is 39.3 Å². The van der Waals surface area contributed by atoms with Gasteiger partial charge >= 0.3 is 0 Å². The lowest BCUT2D eigenvalue weighted by atomic mass is 9.82. The van der Waals surface area contributed by atoms with Crippen LogP contribution < -0.4 is 10.1 Å². The number of nitrogens with zero attached hydrogens (tertiary/aromatic N) is 1. The second-order valence-corrected chi connectivity index (χ2v) is 7.21. The number of hydrogen-bond acceptors (Lipinski definition) is 3. The van der Waals surface area contributed by atoms with Crippen molar-refractivity contribution in [2.45, 2.75) is 65.6 Å². The van der Waals surface area contributed by atoms with Gasteiger partial charge in [-0.3, -0.25) is 0 Å². The first-order chi connectivity index (χ1) is 9.94. The van der Waals surface area contributed by atoms with Crippen molar-refractivity contribution < 1.29 is 4.74 Å². The van der Waals surface area contributed by atoms with Crippen LogP contribution in [0.2, 0.25) is 5.02 Å². The van der Waals surface area contributed by atoms with Crippen molar-refractivity contribution in [2.75, 3.05) is 0 Å². The zero-order chi connectivity index (χ0) is 15.4. The molecule has 3 nitrogen and oxygen atoms in total. The number of rotatable bonds is 5. The molecule has 2 rings (SSSR count). The van der Waals surface area contributed by atoms with E-state index in [2.05, 4.69) is 38.0 Å². The molecule has 0 aliphatic heterocycles. The first-order valence-corrected chi connectivity index (χ1v) is 8.36. The Morgan fingerprint density at radius 2 is 1.95 bits per heavy atom. The minimum Gasteiger partial charge on any atom is -0.474 e. The molecular formula is C17H27ClN2O. The number of nitrogens with one attached hydrogen (secondary N) is 1. The van der Waals surface area contributed by atoms with E-state index in [-0.39, 0.29) is 6.10 Å². The van der Waals surface area contributed by atoms with Gasteiger partial charge in [-0.2, -0.15) is 0 Å². The summed E-state index contributed by atoms with van der Waals surface area (Å²) in [6.45, 7) is 9.60. The standard InChI is InChI=1S/C17H27ClN2O/c1-11(2)19-9-14-8-17(20-10-16(14)18)21-15-6-12(3)5-13(4)7-15/h8,10-13,15,19H,5-7,9H2,1-4H3. The quantitative estimate of drug-likeness (QED) is 0.873. The van der Waals surface area contributed by atoms with Crippen LogP contribution in [0.15, 0.2) is 12.3 Å². The number of pyridine rings is 1. The minimum absolute atomic E-state index is 0.281. The maximum Gasteiger partial charge on any atom is 0.213 e. The minimum atomic E-state index is 0.281. The third-order valence-corrected chi connectivity index (χ3v) is 4.37. The summed E-state index contributed by atoms with van der Waals surface area (Å²) in [5.74, 6) is 2.16. The van der Waals surface area contributed by atoms with Gasteiger partial charge in [0.15, 0.2) is 0 Å². The van der Waals surface area contributed by atoms with Crippen LogP contribution >= 0.6 is 11.6 Å². The molecule has 0 bridgehead atoms. The second-order valence-electron chi connectivity index (χ2n) is 6.81. The molecular weight excluding hydrogens is 284 g/mol. The molecule has 1 N–H and O–H groups in total. The van der Waals surface area contributed by atoms with Crippen molar-refractivity contribution in [3.63, 3.8) is 0 Å². The van der Waals surface area contributed by atoms with Gasteiger partial charge in [0, 0.05) is 24.8 Å². The fraction of sp³-hybridized carbons (Fsp3) is 0.706. The van der Waals surface area contributed by atoms with Crippen LogP contribution in [0.4, 0.5) is 0 Å². The SMILES string of the molecule is CC1CC(C)CC(Oc2cc(CNC(C)C)c(Cl)cn2)C1. The van der Waals surface area contributed by atoms with Crippen molar-refractivity contribution in [1.29, 1.82) is 0 Å². The molecule has 2 unspecified atom stereocenters. The Morgan fingerprint density at radius 3 is 2.57 bits per heavy atom. The molecule has 0 spiro atoms. The lowest BCUT2D eigenvalue weighted by Gasteiger charge is -2.31. The first kappa shape index (κ1) is 16.6. The van der Waals surface area contributed by atoms with Gasteiger partial charge in [0.2, 0.25) is 5.88 Å². The summed E-state index contributed by atoms with van der Waals surface area (Å²) in [6, 6.07) is 2.40. The molecule has 0 radical (unpaired) electrons. The number of hydrogen-bond donors (Lipinski definition) is 1. The molecule has 0 amide bonds. The monoisotopic (exact) mass is 310 g/mol. The summed E-state index contributed by atoms with van der Waals surface area (Å²) in [6.07, 6.45) is 5.52. The molecule has 1 saturated carbocycles. The Labute approximate surface area is 133 Å². The van der Waals surface area contributed by atoms with Crippen LogP contribution in [0.3, 0.4) is 0 Å². The van der Waals surface area contributed by atoms with Gasteiger partial charge in [0.25, 0.3) is 0 Å². The van der Waals surface area contributed by atoms with Gasteiger partial charge in [0.1, 0.15) is 6.10 Å². The van der Waals surface area contributed by atoms with Crippen molar-refractivity contribution >= 4 is 11.6 Å². The lowest BCUT2D eigenvalue weighted by Crippen LogP contribution is -2.29. The molecule has 118 valence electrons. The highest BCUT2D eigenvalue weighted by molar-refractivity contribution is 6.31. The smallest absolute Gasteiger partial charge is 0.213 e. The topological polar surface area (TPSA) is 34.1 Å². The van der Waals surface area contributed by atoms with Crippen molar-refractivity contribution in [1.82, 2.24) is 10.3 Å². The zero-order valence-electron chi connectivity index (χ0n) is 13.5. The van der Waals surface area contributed by atoms with Gasteiger partial charge in [0.05, 0.1) is 5.02 Å². The van der Waals surface area contributed by atoms with Crippen molar-refractivity contribution in [2.24, 2.45) is 11.8 Å². The summed E-state index contributed by atoms with van der Waals surface area (Å²) in [5, 5.41) is 4.08. The van der Waals surface area contributed by atoms with Crippen LogP contribution in [-0.2, 0) is 6.54 Å². The Kier molecular flexibility index (Phi) is 5.88. The summed E-state index contributed by atoms with van der Waals surface area (Å²) < 4.78 is 6.10. The van der Waals surface area contributed by atoms with Crippen molar-refractivity contribution in [3.05, 3.63) is 22.8 Å². The Balaban J connectivity index is 2.01. The lowest BCUT2D eigenvalue weighted by molar-refractivity contribution is 0.0966. The van der Waals surface area contributed by atoms with Crippen LogP contribution in [0.25, 0.3) is 0 Å². The van der Waals surface area contributed by atoms with E-state index in [9.17, 15) is 0 Å². The molecule has 2 atom stereocenters. The molecule has 4 heteroatoms. The average Bonchev–Trinajstić information content (AvgIpc) is 2.38. The third kappa shape index (κ3) is 5.15. The van der Waals surface area contributed by atoms with Gasteiger partial charge < -0.3 is 10.1 Å². The molecule has 0 aromatic carbocycles. The Bertz CT molecular complexity index is 454. The molecule has 1 aliphatic carbocycles. The van der Waals surface area contributed by atoms with E-state index in [4.69, 9.17) is 16.3 Å². The molecule has 1 aromatic rings. The van der Waals surface area contributed by atoms with Gasteiger partial charge in [-0.15, -0.1) is 0 Å². The second kappa shape index (κ2) is 7.46. The third-order valence-electron chi connectivity index (χ3n) is 4.03. The maximum atomic E-state index is 6.21. The van der Waals surface area contributed by atoms with E-state index < -0.39 is 0 Å². The summed E-state index contributed by atoms with van der Waals surface area (Å²) >= 11 is 6.21. The normalized spacial score (nSPS) is 26.1. The zero-order valence-corrected chi connectivity index (χ0v) is 14.3. The summed E-state index contributed by atoms with van der Waals surface area (Å²) in [4.78, 5) is 4.33. The van der Waals surface area contributed by atoms with Gasteiger partial charge in [-0.25, -0.2) is 4.98 Å². The van der Waals surface area contributed by atoms with Gasteiger partial charge in [-0.05, 0) is 36.7 Å². The highest BCUT2D eigenvalue weighted by Crippen LogP contribution is 2.31. The van der Waals surface area contributed by atoms with E-state index in [1.54, 1.807) is 6.20 Å². The number of aromatic nitrogens is 1. The molecule has 0 saturated heterocycles. The van der Waals surface area contributed by atoms with E-state index in [0.717, 1.165) is 36.8 Å². The fourth-order valence-electron chi connectivity index (χ4n) is 3.11. The highest BCUT2D eigenvalue weighted by atomic mass is 35.5. The molecule has 21 heavy (non-hydrogen) atoms. The maximum absolute atomic E-state index is 6.21. The Morgan fingerprint density at radius 1 is 1.29 bits per heavy atom. The molecule has 1 aliphatic rings. The summed E-state index contributed by atoms with van der Waals surface area (Å²) in [7, 11) is 0. The molecule has 1 aromatic heterocycles. The number of ether oxygens (including phenoxy) is 1. The first-order valence-electron chi connectivity index (χ1n) is 7.98. The van der Waals surface area contributed by atoms with Crippen LogP contribution in [0, 0.1) is 11.8 Å². The van der Waals surface area contributed by atoms with E-state index in [1.807, 2.05) is 6.07 Å². The van der Waals surface area contributed by atoms with Crippen LogP contribution in [-0.4, -0.2) is 17.1 Å². The summed E-state index contributed by atoms with van der Waals surface area (Å²) in [5.41, 5.74) is 1.05. The fourth-order valence-corrected chi connectivity index (χ4v) is 3.28. The van der Waals surface area contributed by atoms with Crippen LogP contribution in [0.1, 0.15) is 52.5 Å². The molecule has 1 heterocycles. The predicted molar refractivity (Wildman–Crippen MR) is 87.8 cm³/mol. The largest absolute Gasteiger partial charge is 0.474 e. The highest BCUT2D eigenvalue weighted by Gasteiger charge is 2.25. The van der Waals surface area contributed by atoms with E-state index >= 15 is 0 Å². The number of halogens is 1. The molecule has 1 fully saturated rings.